The molecule has 1 aliphatic rings. The van der Waals surface area contributed by atoms with Crippen LogP contribution in [0.1, 0.15) is 6.42 Å². The van der Waals surface area contributed by atoms with Crippen molar-refractivity contribution >= 4 is 12.6 Å². The molecule has 52 valence electrons. The fraction of sp³-hybridized carbons (Fsp3) is 0.714. The first-order valence-electron chi connectivity index (χ1n) is 3.34. The molecule has 0 spiro atoms. The van der Waals surface area contributed by atoms with Crippen molar-refractivity contribution in [1.82, 2.24) is 4.90 Å². The van der Waals surface area contributed by atoms with E-state index in [1.807, 2.05) is 6.08 Å². The van der Waals surface area contributed by atoms with Gasteiger partial charge in [-0.05, 0) is 13.0 Å². The molecule has 2 heteroatoms. The van der Waals surface area contributed by atoms with Gasteiger partial charge in [0.15, 0.2) is 0 Å². The maximum absolute atomic E-state index is 4.37. The monoisotopic (exact) mass is 143 g/mol. The minimum absolute atomic E-state index is 0.602. The van der Waals surface area contributed by atoms with Crippen molar-refractivity contribution in [2.75, 3.05) is 19.6 Å². The van der Waals surface area contributed by atoms with E-state index in [4.69, 9.17) is 0 Å². The molecule has 1 aliphatic heterocycles. The average molecular weight is 143 g/mol. The Labute approximate surface area is 62.1 Å². The number of hydrogen-bond acceptors (Lipinski definition) is 2. The van der Waals surface area contributed by atoms with Gasteiger partial charge in [0.05, 0.1) is 0 Å². The predicted octanol–water partition coefficient (Wildman–Crippen LogP) is 1.18. The minimum Gasteiger partial charge on any atom is -0.299 e. The summed E-state index contributed by atoms with van der Waals surface area (Å²) < 4.78 is 0. The van der Waals surface area contributed by atoms with Crippen molar-refractivity contribution in [2.45, 2.75) is 11.7 Å². The van der Waals surface area contributed by atoms with Gasteiger partial charge in [0.25, 0.3) is 0 Å². The molecule has 0 bridgehead atoms. The molecule has 1 rings (SSSR count). The molecule has 1 nitrogen and oxygen atoms in total. The summed E-state index contributed by atoms with van der Waals surface area (Å²) in [6, 6.07) is 0. The Balaban J connectivity index is 2.21. The van der Waals surface area contributed by atoms with Gasteiger partial charge < -0.3 is 0 Å². The smallest absolute Gasteiger partial charge is 0.0161 e. The zero-order valence-corrected chi connectivity index (χ0v) is 6.48. The van der Waals surface area contributed by atoms with E-state index in [0.717, 1.165) is 13.1 Å². The van der Waals surface area contributed by atoms with Crippen molar-refractivity contribution in [3.05, 3.63) is 12.7 Å². The van der Waals surface area contributed by atoms with Gasteiger partial charge in [-0.15, -0.1) is 6.58 Å². The third kappa shape index (κ3) is 2.03. The van der Waals surface area contributed by atoms with E-state index in [-0.39, 0.29) is 0 Å². The number of rotatable bonds is 2. The Bertz CT molecular complexity index is 103. The molecule has 0 radical (unpaired) electrons. The molecule has 0 aliphatic carbocycles. The van der Waals surface area contributed by atoms with Crippen molar-refractivity contribution < 1.29 is 0 Å². The molecule has 0 aromatic carbocycles. The van der Waals surface area contributed by atoms with Crippen LogP contribution in [0.25, 0.3) is 0 Å². The number of nitrogens with zero attached hydrogens (tertiary/aromatic N) is 1. The van der Waals surface area contributed by atoms with E-state index >= 15 is 0 Å². The van der Waals surface area contributed by atoms with Crippen LogP contribution in [0.5, 0.6) is 0 Å². The van der Waals surface area contributed by atoms with Gasteiger partial charge in [0.1, 0.15) is 0 Å². The lowest BCUT2D eigenvalue weighted by Crippen LogP contribution is -2.20. The van der Waals surface area contributed by atoms with Crippen LogP contribution in [0, 0.1) is 0 Å². The molecular formula is C7H13NS. The summed E-state index contributed by atoms with van der Waals surface area (Å²) in [4.78, 5) is 2.37. The summed E-state index contributed by atoms with van der Waals surface area (Å²) in [6.45, 7) is 7.04. The van der Waals surface area contributed by atoms with Gasteiger partial charge >= 0.3 is 0 Å². The van der Waals surface area contributed by atoms with E-state index in [1.54, 1.807) is 0 Å². The summed E-state index contributed by atoms with van der Waals surface area (Å²) in [5.41, 5.74) is 0. The maximum Gasteiger partial charge on any atom is 0.0161 e. The van der Waals surface area contributed by atoms with Gasteiger partial charge in [-0.3, -0.25) is 4.90 Å². The topological polar surface area (TPSA) is 3.24 Å². The van der Waals surface area contributed by atoms with Gasteiger partial charge in [0, 0.05) is 18.3 Å². The molecular weight excluding hydrogens is 130 g/mol. The molecule has 0 saturated carbocycles. The first-order chi connectivity index (χ1) is 4.33. The fourth-order valence-corrected chi connectivity index (χ4v) is 1.51. The van der Waals surface area contributed by atoms with E-state index in [0.29, 0.717) is 5.25 Å². The zero-order chi connectivity index (χ0) is 6.69. The molecule has 1 saturated heterocycles. The maximum atomic E-state index is 4.37. The Morgan fingerprint density at radius 2 is 2.56 bits per heavy atom. The summed E-state index contributed by atoms with van der Waals surface area (Å²) in [6.07, 6.45) is 3.18. The van der Waals surface area contributed by atoms with Gasteiger partial charge in [0.2, 0.25) is 0 Å². The average Bonchev–Trinajstić information content (AvgIpc) is 2.17. The quantitative estimate of drug-likeness (QED) is 0.449. The largest absolute Gasteiger partial charge is 0.299 e. The van der Waals surface area contributed by atoms with Gasteiger partial charge in [-0.1, -0.05) is 6.08 Å². The van der Waals surface area contributed by atoms with Crippen LogP contribution in [-0.4, -0.2) is 29.8 Å². The molecule has 0 N–H and O–H groups in total. The first kappa shape index (κ1) is 7.16. The second-order valence-corrected chi connectivity index (χ2v) is 3.22. The molecule has 1 heterocycles. The van der Waals surface area contributed by atoms with E-state index in [2.05, 4.69) is 24.1 Å². The van der Waals surface area contributed by atoms with Crippen molar-refractivity contribution in [2.24, 2.45) is 0 Å². The lowest BCUT2D eigenvalue weighted by Gasteiger charge is -2.10. The van der Waals surface area contributed by atoms with Gasteiger partial charge in [-0.2, -0.15) is 12.6 Å². The Kier molecular flexibility index (Phi) is 2.61. The molecule has 1 unspecified atom stereocenters. The van der Waals surface area contributed by atoms with Crippen LogP contribution < -0.4 is 0 Å². The van der Waals surface area contributed by atoms with E-state index in [9.17, 15) is 0 Å². The Morgan fingerprint density at radius 3 is 3.00 bits per heavy atom. The van der Waals surface area contributed by atoms with Crippen LogP contribution >= 0.6 is 12.6 Å². The Morgan fingerprint density at radius 1 is 1.78 bits per heavy atom. The van der Waals surface area contributed by atoms with E-state index in [1.165, 1.54) is 13.0 Å². The van der Waals surface area contributed by atoms with Crippen LogP contribution in [0.15, 0.2) is 12.7 Å². The third-order valence-electron chi connectivity index (χ3n) is 1.63. The molecule has 1 fully saturated rings. The lowest BCUT2D eigenvalue weighted by molar-refractivity contribution is 0.378. The van der Waals surface area contributed by atoms with Crippen molar-refractivity contribution in [3.8, 4) is 0 Å². The highest BCUT2D eigenvalue weighted by Crippen LogP contribution is 2.12. The molecule has 1 atom stereocenters. The summed E-state index contributed by atoms with van der Waals surface area (Å²) in [7, 11) is 0. The second-order valence-electron chi connectivity index (χ2n) is 2.49. The SMILES string of the molecule is C=CCN1CCC(S)C1. The highest BCUT2D eigenvalue weighted by Gasteiger charge is 2.16. The molecule has 9 heavy (non-hydrogen) atoms. The first-order valence-corrected chi connectivity index (χ1v) is 3.86. The molecule has 0 aromatic heterocycles. The number of thiol groups is 1. The third-order valence-corrected chi connectivity index (χ3v) is 2.06. The van der Waals surface area contributed by atoms with E-state index < -0.39 is 0 Å². The van der Waals surface area contributed by atoms with Crippen LogP contribution in [-0.2, 0) is 0 Å². The minimum atomic E-state index is 0.602. The highest BCUT2D eigenvalue weighted by molar-refractivity contribution is 7.81. The normalized spacial score (nSPS) is 28.8. The zero-order valence-electron chi connectivity index (χ0n) is 5.58. The fourth-order valence-electron chi connectivity index (χ4n) is 1.16. The lowest BCUT2D eigenvalue weighted by atomic mass is 10.4. The summed E-state index contributed by atoms with van der Waals surface area (Å²) >= 11 is 4.37. The van der Waals surface area contributed by atoms with Crippen LogP contribution in [0.4, 0.5) is 0 Å². The van der Waals surface area contributed by atoms with Gasteiger partial charge in [-0.25, -0.2) is 0 Å². The van der Waals surface area contributed by atoms with Crippen LogP contribution in [0.2, 0.25) is 0 Å². The van der Waals surface area contributed by atoms with Crippen molar-refractivity contribution in [3.63, 3.8) is 0 Å². The molecule has 0 aromatic rings. The Hall–Kier alpha value is 0.0500. The number of hydrogen-bond donors (Lipinski definition) is 1. The summed E-state index contributed by atoms with van der Waals surface area (Å²) in [5, 5.41) is 0.602. The van der Waals surface area contributed by atoms with Crippen molar-refractivity contribution in [1.29, 1.82) is 0 Å². The highest BCUT2D eigenvalue weighted by atomic mass is 32.1. The summed E-state index contributed by atoms with van der Waals surface area (Å²) in [5.74, 6) is 0. The standard InChI is InChI=1S/C7H13NS/c1-2-4-8-5-3-7(9)6-8/h2,7,9H,1,3-6H2. The predicted molar refractivity (Wildman–Crippen MR) is 44.0 cm³/mol. The number of likely N-dealkylation sites (tertiary alicyclic amines) is 1. The second kappa shape index (κ2) is 3.28. The molecule has 0 amide bonds. The van der Waals surface area contributed by atoms with Crippen LogP contribution in [0.3, 0.4) is 0 Å².